The molecule has 6 nitrogen and oxygen atoms in total. The van der Waals surface area contributed by atoms with Crippen LogP contribution in [0, 0.1) is 34.9 Å². The first-order chi connectivity index (χ1) is 17.5. The topological polar surface area (TPSA) is 75.4 Å². The van der Waals surface area contributed by atoms with Crippen LogP contribution in [0.25, 0.3) is 0 Å². The number of alkyl halides is 3. The summed E-state index contributed by atoms with van der Waals surface area (Å²) in [6.07, 6.45) is -0.310. The summed E-state index contributed by atoms with van der Waals surface area (Å²) in [6.45, 7) is 0.287. The first-order valence-corrected chi connectivity index (χ1v) is 12.9. The van der Waals surface area contributed by atoms with Crippen LogP contribution >= 0.6 is 0 Å². The third-order valence-electron chi connectivity index (χ3n) is 9.34. The molecular weight excluding hydrogens is 490 g/mol. The van der Waals surface area contributed by atoms with Crippen LogP contribution in [-0.2, 0) is 35.3 Å². The molecule has 0 saturated heterocycles. The average molecular weight is 520 g/mol. The zero-order valence-corrected chi connectivity index (χ0v) is 20.3. The van der Waals surface area contributed by atoms with Gasteiger partial charge in [-0.15, -0.1) is 0 Å². The number of carbonyl (C=O) groups excluding carboxylic acids is 1. The van der Waals surface area contributed by atoms with E-state index in [-0.39, 0.29) is 55.3 Å². The van der Waals surface area contributed by atoms with Crippen molar-refractivity contribution >= 4 is 11.9 Å². The lowest BCUT2D eigenvalue weighted by Gasteiger charge is -2.58. The van der Waals surface area contributed by atoms with Gasteiger partial charge in [-0.3, -0.25) is 14.3 Å². The van der Waals surface area contributed by atoms with Crippen molar-refractivity contribution in [2.24, 2.45) is 29.1 Å². The molecule has 37 heavy (non-hydrogen) atoms. The highest BCUT2D eigenvalue weighted by molar-refractivity contribution is 5.78. The standard InChI is InChI=1S/C27H29F4N3O3/c28-19-3-1-15(2-4-19)13-34-22-14-33(6-5-20(22)24(32-34)27(29,30)31)23(35)9-21-17-7-16-8-18(21)12-26(10-16,11-17)25(36)37/h1-4,16-18,21H,5-14H2,(H,36,37). The predicted octanol–water partition coefficient (Wildman–Crippen LogP) is 4.89. The van der Waals surface area contributed by atoms with E-state index < -0.39 is 29.1 Å². The van der Waals surface area contributed by atoms with Gasteiger partial charge in [0.2, 0.25) is 5.91 Å². The number of hydrogen-bond acceptors (Lipinski definition) is 3. The maximum atomic E-state index is 13.8. The van der Waals surface area contributed by atoms with E-state index in [0.717, 1.165) is 19.3 Å². The third-order valence-corrected chi connectivity index (χ3v) is 9.34. The first kappa shape index (κ1) is 24.4. The number of hydrogen-bond donors (Lipinski definition) is 1. The number of fused-ring (bicyclic) bond motifs is 1. The Hall–Kier alpha value is -2.91. The lowest BCUT2D eigenvalue weighted by Crippen LogP contribution is -2.54. The van der Waals surface area contributed by atoms with Crippen molar-refractivity contribution in [2.75, 3.05) is 6.54 Å². The van der Waals surface area contributed by atoms with Gasteiger partial charge in [0, 0.05) is 18.5 Å². The van der Waals surface area contributed by atoms with E-state index >= 15 is 0 Å². The summed E-state index contributed by atoms with van der Waals surface area (Å²) < 4.78 is 55.9. The van der Waals surface area contributed by atoms with E-state index in [1.807, 2.05) is 0 Å². The van der Waals surface area contributed by atoms with E-state index in [4.69, 9.17) is 0 Å². The lowest BCUT2D eigenvalue weighted by molar-refractivity contribution is -0.172. The predicted molar refractivity (Wildman–Crippen MR) is 124 cm³/mol. The normalized spacial score (nSPS) is 30.4. The molecule has 0 spiro atoms. The Morgan fingerprint density at radius 3 is 2.38 bits per heavy atom. The molecule has 7 rings (SSSR count). The first-order valence-electron chi connectivity index (χ1n) is 12.9. The summed E-state index contributed by atoms with van der Waals surface area (Å²) in [6, 6.07) is 5.54. The van der Waals surface area contributed by atoms with Gasteiger partial charge in [-0.25, -0.2) is 4.39 Å². The van der Waals surface area contributed by atoms with Crippen LogP contribution in [0.2, 0.25) is 0 Å². The number of amides is 1. The fourth-order valence-corrected chi connectivity index (χ4v) is 7.87. The Bertz CT molecular complexity index is 1220. The van der Waals surface area contributed by atoms with Crippen LogP contribution in [0.4, 0.5) is 17.6 Å². The summed E-state index contributed by atoms with van der Waals surface area (Å²) in [4.78, 5) is 27.1. The Labute approximate surface area is 211 Å². The van der Waals surface area contributed by atoms with E-state index in [1.165, 1.54) is 28.9 Å². The number of carboxylic acids is 1. The summed E-state index contributed by atoms with van der Waals surface area (Å²) in [7, 11) is 0. The minimum Gasteiger partial charge on any atom is -0.481 e. The van der Waals surface area contributed by atoms with Crippen molar-refractivity contribution in [1.82, 2.24) is 14.7 Å². The molecule has 4 aliphatic carbocycles. The second kappa shape index (κ2) is 8.56. The van der Waals surface area contributed by atoms with Gasteiger partial charge in [0.1, 0.15) is 5.82 Å². The molecule has 4 bridgehead atoms. The van der Waals surface area contributed by atoms with Crippen LogP contribution in [0.15, 0.2) is 24.3 Å². The largest absolute Gasteiger partial charge is 0.481 e. The summed E-state index contributed by atoms with van der Waals surface area (Å²) in [5.74, 6) is -0.254. The second-order valence-electron chi connectivity index (χ2n) is 11.5. The molecule has 1 amide bonds. The highest BCUT2D eigenvalue weighted by atomic mass is 19.4. The number of benzene rings is 1. The van der Waals surface area contributed by atoms with Crippen LogP contribution in [0.5, 0.6) is 0 Å². The minimum absolute atomic E-state index is 0.0438. The van der Waals surface area contributed by atoms with E-state index in [0.29, 0.717) is 36.4 Å². The summed E-state index contributed by atoms with van der Waals surface area (Å²) >= 11 is 0. The molecule has 5 aliphatic rings. The van der Waals surface area contributed by atoms with Crippen molar-refractivity contribution in [3.63, 3.8) is 0 Å². The lowest BCUT2D eigenvalue weighted by atomic mass is 9.45. The SMILES string of the molecule is O=C(CC1C2CC3CC1CC(C(=O)O)(C3)C2)N1CCc2c(C(F)(F)F)nn(Cc3ccc(F)cc3)c2C1. The molecule has 198 valence electrons. The van der Waals surface area contributed by atoms with E-state index in [1.54, 1.807) is 4.90 Å². The molecule has 1 aromatic heterocycles. The summed E-state index contributed by atoms with van der Waals surface area (Å²) in [5, 5.41) is 13.7. The van der Waals surface area contributed by atoms with Gasteiger partial charge in [0.05, 0.1) is 24.2 Å². The Balaban J connectivity index is 1.21. The molecule has 4 fully saturated rings. The van der Waals surface area contributed by atoms with Crippen LogP contribution in [0.1, 0.15) is 61.0 Å². The molecule has 1 aromatic carbocycles. The molecule has 2 atom stereocenters. The molecule has 4 saturated carbocycles. The molecule has 10 heteroatoms. The van der Waals surface area contributed by atoms with Gasteiger partial charge in [-0.1, -0.05) is 12.1 Å². The Kier molecular flexibility index (Phi) is 5.65. The third kappa shape index (κ3) is 4.22. The number of nitrogens with zero attached hydrogens (tertiary/aromatic N) is 3. The molecule has 1 N–H and O–H groups in total. The van der Waals surface area contributed by atoms with Gasteiger partial charge in [-0.05, 0) is 79.9 Å². The van der Waals surface area contributed by atoms with Gasteiger partial charge in [0.15, 0.2) is 5.69 Å². The average Bonchev–Trinajstić information content (AvgIpc) is 3.20. The maximum absolute atomic E-state index is 13.8. The second-order valence-corrected chi connectivity index (χ2v) is 11.5. The number of aliphatic carboxylic acids is 1. The molecule has 0 radical (unpaired) electrons. The van der Waals surface area contributed by atoms with Crippen molar-refractivity contribution in [1.29, 1.82) is 0 Å². The number of carboxylic acid groups (broad SMARTS) is 1. The van der Waals surface area contributed by atoms with Crippen LogP contribution in [-0.4, -0.2) is 38.2 Å². The van der Waals surface area contributed by atoms with Gasteiger partial charge >= 0.3 is 12.1 Å². The fraction of sp³-hybridized carbons (Fsp3) is 0.593. The molecule has 2 heterocycles. The van der Waals surface area contributed by atoms with E-state index in [2.05, 4.69) is 5.10 Å². The van der Waals surface area contributed by atoms with Gasteiger partial charge < -0.3 is 10.0 Å². The highest BCUT2D eigenvalue weighted by Crippen LogP contribution is 2.63. The van der Waals surface area contributed by atoms with Crippen molar-refractivity contribution in [3.05, 3.63) is 52.6 Å². The quantitative estimate of drug-likeness (QED) is 0.571. The van der Waals surface area contributed by atoms with Crippen LogP contribution in [0.3, 0.4) is 0 Å². The fourth-order valence-electron chi connectivity index (χ4n) is 7.87. The number of halogens is 4. The Morgan fingerprint density at radius 1 is 1.08 bits per heavy atom. The molecule has 2 aromatic rings. The molecule has 2 unspecified atom stereocenters. The van der Waals surface area contributed by atoms with Gasteiger partial charge in [-0.2, -0.15) is 18.3 Å². The van der Waals surface area contributed by atoms with Crippen molar-refractivity contribution < 1.29 is 32.3 Å². The number of carbonyl (C=O) groups is 2. The summed E-state index contributed by atoms with van der Waals surface area (Å²) in [5.41, 5.74) is -0.457. The van der Waals surface area contributed by atoms with E-state index in [9.17, 15) is 32.3 Å². The Morgan fingerprint density at radius 2 is 1.76 bits per heavy atom. The monoisotopic (exact) mass is 519 g/mol. The van der Waals surface area contributed by atoms with Crippen LogP contribution < -0.4 is 0 Å². The maximum Gasteiger partial charge on any atom is 0.435 e. The van der Waals surface area contributed by atoms with Crippen molar-refractivity contribution in [3.8, 4) is 0 Å². The zero-order chi connectivity index (χ0) is 26.1. The molecule has 1 aliphatic heterocycles. The molecular formula is C27H29F4N3O3. The van der Waals surface area contributed by atoms with Gasteiger partial charge in [0.25, 0.3) is 0 Å². The zero-order valence-electron chi connectivity index (χ0n) is 20.3. The smallest absolute Gasteiger partial charge is 0.435 e. The minimum atomic E-state index is -4.61. The number of rotatable bonds is 5. The van der Waals surface area contributed by atoms with Crippen molar-refractivity contribution in [2.45, 2.75) is 64.2 Å². The highest BCUT2D eigenvalue weighted by Gasteiger charge is 2.58. The number of aromatic nitrogens is 2.